The van der Waals surface area contributed by atoms with Gasteiger partial charge in [-0.3, -0.25) is 0 Å². The SMILES string of the molecule is C=C(CO)NCCSCC=O. The summed E-state index contributed by atoms with van der Waals surface area (Å²) in [5, 5.41) is 11.4. The summed E-state index contributed by atoms with van der Waals surface area (Å²) in [5.74, 6) is 1.39. The molecule has 0 heterocycles. The summed E-state index contributed by atoms with van der Waals surface area (Å²) in [6.07, 6.45) is 0.880. The maximum atomic E-state index is 9.86. The van der Waals surface area contributed by atoms with Crippen LogP contribution >= 0.6 is 11.8 Å². The number of aliphatic hydroxyl groups excluding tert-OH is 1. The highest BCUT2D eigenvalue weighted by Gasteiger charge is 1.89. The summed E-state index contributed by atoms with van der Waals surface area (Å²) in [7, 11) is 0. The molecule has 0 rings (SSSR count). The van der Waals surface area contributed by atoms with Crippen LogP contribution in [0.15, 0.2) is 12.3 Å². The highest BCUT2D eigenvalue weighted by molar-refractivity contribution is 7.99. The zero-order valence-electron chi connectivity index (χ0n) is 6.38. The van der Waals surface area contributed by atoms with Crippen LogP contribution in [0.1, 0.15) is 0 Å². The first-order valence-electron chi connectivity index (χ1n) is 3.35. The molecule has 0 aromatic carbocycles. The topological polar surface area (TPSA) is 49.3 Å². The van der Waals surface area contributed by atoms with Crippen LogP contribution in [0.25, 0.3) is 0 Å². The van der Waals surface area contributed by atoms with Crippen LogP contribution in [0, 0.1) is 0 Å². The highest BCUT2D eigenvalue weighted by atomic mass is 32.2. The molecule has 0 aliphatic heterocycles. The summed E-state index contributed by atoms with van der Waals surface area (Å²) < 4.78 is 0. The first-order chi connectivity index (χ1) is 5.31. The van der Waals surface area contributed by atoms with Gasteiger partial charge in [-0.05, 0) is 0 Å². The zero-order valence-corrected chi connectivity index (χ0v) is 7.19. The molecule has 2 N–H and O–H groups in total. The number of hydrogen-bond donors (Lipinski definition) is 2. The fourth-order valence-corrected chi connectivity index (χ4v) is 0.997. The minimum Gasteiger partial charge on any atom is -0.390 e. The van der Waals surface area contributed by atoms with Crippen molar-refractivity contribution in [3.05, 3.63) is 12.3 Å². The number of nitrogens with one attached hydrogen (secondary N) is 1. The van der Waals surface area contributed by atoms with Crippen LogP contribution in [-0.4, -0.2) is 36.1 Å². The van der Waals surface area contributed by atoms with Gasteiger partial charge >= 0.3 is 0 Å². The molecule has 0 unspecified atom stereocenters. The Bertz CT molecular complexity index is 128. The van der Waals surface area contributed by atoms with Gasteiger partial charge in [0.05, 0.1) is 6.61 Å². The summed E-state index contributed by atoms with van der Waals surface area (Å²) in [6, 6.07) is 0. The van der Waals surface area contributed by atoms with Crippen LogP contribution in [-0.2, 0) is 4.79 Å². The Labute approximate surface area is 70.9 Å². The molecule has 0 bridgehead atoms. The fourth-order valence-electron chi connectivity index (χ4n) is 0.487. The van der Waals surface area contributed by atoms with Crippen molar-refractivity contribution in [2.75, 3.05) is 24.7 Å². The Balaban J connectivity index is 3.01. The molecule has 0 saturated carbocycles. The van der Waals surface area contributed by atoms with Crippen molar-refractivity contribution in [2.24, 2.45) is 0 Å². The van der Waals surface area contributed by atoms with Crippen LogP contribution < -0.4 is 5.32 Å². The van der Waals surface area contributed by atoms with Gasteiger partial charge in [0.15, 0.2) is 0 Å². The second-order valence-electron chi connectivity index (χ2n) is 1.93. The van der Waals surface area contributed by atoms with Crippen molar-refractivity contribution in [2.45, 2.75) is 0 Å². The molecule has 0 saturated heterocycles. The van der Waals surface area contributed by atoms with Gasteiger partial charge in [-0.25, -0.2) is 0 Å². The van der Waals surface area contributed by atoms with E-state index >= 15 is 0 Å². The van der Waals surface area contributed by atoms with Crippen molar-refractivity contribution in [3.63, 3.8) is 0 Å². The molecular formula is C7H13NO2S. The molecule has 0 spiro atoms. The van der Waals surface area contributed by atoms with Gasteiger partial charge in [0.2, 0.25) is 0 Å². The highest BCUT2D eigenvalue weighted by Crippen LogP contribution is 1.94. The maximum Gasteiger partial charge on any atom is 0.129 e. The predicted octanol–water partition coefficient (Wildman–Crippen LogP) is 0.0141. The lowest BCUT2D eigenvalue weighted by Gasteiger charge is -2.04. The third-order valence-corrected chi connectivity index (χ3v) is 1.86. The van der Waals surface area contributed by atoms with Crippen molar-refractivity contribution in [1.82, 2.24) is 5.32 Å². The second kappa shape index (κ2) is 7.63. The molecule has 0 radical (unpaired) electrons. The minimum atomic E-state index is -0.0294. The molecule has 0 atom stereocenters. The normalized spacial score (nSPS) is 9.18. The van der Waals surface area contributed by atoms with Gasteiger partial charge in [-0.15, -0.1) is 0 Å². The largest absolute Gasteiger partial charge is 0.390 e. The molecule has 0 amide bonds. The predicted molar refractivity (Wildman–Crippen MR) is 47.6 cm³/mol. The molecule has 0 aromatic rings. The van der Waals surface area contributed by atoms with Gasteiger partial charge in [-0.1, -0.05) is 6.58 Å². The smallest absolute Gasteiger partial charge is 0.129 e. The molecule has 0 aromatic heterocycles. The quantitative estimate of drug-likeness (QED) is 0.423. The van der Waals surface area contributed by atoms with Crippen LogP contribution in [0.5, 0.6) is 0 Å². The van der Waals surface area contributed by atoms with E-state index in [9.17, 15) is 4.79 Å². The van der Waals surface area contributed by atoms with Gasteiger partial charge in [0, 0.05) is 23.7 Å². The molecule has 0 aliphatic carbocycles. The van der Waals surface area contributed by atoms with Gasteiger partial charge < -0.3 is 15.2 Å². The number of aldehydes is 1. The number of hydrogen-bond acceptors (Lipinski definition) is 4. The van der Waals surface area contributed by atoms with E-state index in [1.807, 2.05) is 0 Å². The number of rotatable bonds is 7. The minimum absolute atomic E-state index is 0.0294. The van der Waals surface area contributed by atoms with E-state index in [1.54, 1.807) is 11.8 Å². The van der Waals surface area contributed by atoms with E-state index in [1.165, 1.54) is 0 Å². The van der Waals surface area contributed by atoms with E-state index in [0.29, 0.717) is 11.4 Å². The lowest BCUT2D eigenvalue weighted by atomic mass is 10.5. The third kappa shape index (κ3) is 7.42. The third-order valence-electron chi connectivity index (χ3n) is 0.998. The van der Waals surface area contributed by atoms with Crippen LogP contribution in [0.2, 0.25) is 0 Å². The Morgan fingerprint density at radius 2 is 2.45 bits per heavy atom. The summed E-state index contributed by atoms with van der Waals surface area (Å²) >= 11 is 1.55. The molecule has 4 heteroatoms. The van der Waals surface area contributed by atoms with Crippen LogP contribution in [0.3, 0.4) is 0 Å². The molecule has 0 aliphatic rings. The van der Waals surface area contributed by atoms with E-state index in [0.717, 1.165) is 18.6 Å². The van der Waals surface area contributed by atoms with Crippen molar-refractivity contribution in [3.8, 4) is 0 Å². The summed E-state index contributed by atoms with van der Waals surface area (Å²) in [4.78, 5) is 9.86. The van der Waals surface area contributed by atoms with Gasteiger partial charge in [-0.2, -0.15) is 11.8 Å². The summed E-state index contributed by atoms with van der Waals surface area (Å²) in [6.45, 7) is 4.27. The first-order valence-corrected chi connectivity index (χ1v) is 4.50. The van der Waals surface area contributed by atoms with Crippen LogP contribution in [0.4, 0.5) is 0 Å². The standard InChI is InChI=1S/C7H13NO2S/c1-7(6-10)8-2-4-11-5-3-9/h3,8,10H,1-2,4-6H2. The van der Waals surface area contributed by atoms with E-state index in [2.05, 4.69) is 11.9 Å². The molecule has 11 heavy (non-hydrogen) atoms. The van der Waals surface area contributed by atoms with E-state index < -0.39 is 0 Å². The average Bonchev–Trinajstić information content (AvgIpc) is 2.04. The Morgan fingerprint density at radius 1 is 1.73 bits per heavy atom. The van der Waals surface area contributed by atoms with Gasteiger partial charge in [0.1, 0.15) is 6.29 Å². The molecule has 3 nitrogen and oxygen atoms in total. The number of aliphatic hydroxyl groups is 1. The van der Waals surface area contributed by atoms with Crippen molar-refractivity contribution < 1.29 is 9.90 Å². The Kier molecular flexibility index (Phi) is 7.29. The first kappa shape index (κ1) is 10.5. The second-order valence-corrected chi connectivity index (χ2v) is 3.08. The van der Waals surface area contributed by atoms with Crippen molar-refractivity contribution in [1.29, 1.82) is 0 Å². The zero-order chi connectivity index (χ0) is 8.53. The number of thioether (sulfide) groups is 1. The number of carbonyl (C=O) groups excluding carboxylic acids is 1. The van der Waals surface area contributed by atoms with Crippen molar-refractivity contribution >= 4 is 18.0 Å². The van der Waals surface area contributed by atoms with E-state index in [-0.39, 0.29) is 6.61 Å². The molecular weight excluding hydrogens is 162 g/mol. The lowest BCUT2D eigenvalue weighted by molar-refractivity contribution is -0.105. The average molecular weight is 175 g/mol. The van der Waals surface area contributed by atoms with E-state index in [4.69, 9.17) is 5.11 Å². The summed E-state index contributed by atoms with van der Waals surface area (Å²) in [5.41, 5.74) is 0.622. The monoisotopic (exact) mass is 175 g/mol. The van der Waals surface area contributed by atoms with Gasteiger partial charge in [0.25, 0.3) is 0 Å². The lowest BCUT2D eigenvalue weighted by Crippen LogP contribution is -2.18. The number of carbonyl (C=O) groups is 1. The fraction of sp³-hybridized carbons (Fsp3) is 0.571. The Morgan fingerprint density at radius 3 is 3.00 bits per heavy atom. The maximum absolute atomic E-state index is 9.86. The Hall–Kier alpha value is -0.480. The molecule has 0 fully saturated rings. The molecule has 64 valence electrons.